The van der Waals surface area contributed by atoms with Crippen LogP contribution < -0.4 is 0 Å². The molecule has 52 heavy (non-hydrogen) atoms. The van der Waals surface area contributed by atoms with Crippen molar-refractivity contribution in [3.8, 4) is 28.3 Å². The molecule has 4 heteroatoms. The van der Waals surface area contributed by atoms with E-state index < -0.39 is 0 Å². The quantitative estimate of drug-likeness (QED) is 0.189. The normalized spacial score (nSPS) is 12.2. The zero-order valence-corrected chi connectivity index (χ0v) is 28.0. The van der Waals surface area contributed by atoms with E-state index in [4.69, 9.17) is 9.97 Å². The maximum atomic E-state index is 5.51. The van der Waals surface area contributed by atoms with Gasteiger partial charge >= 0.3 is 0 Å². The molecular formula is C48H28N4. The van der Waals surface area contributed by atoms with E-state index >= 15 is 0 Å². The van der Waals surface area contributed by atoms with Gasteiger partial charge in [-0.05, 0) is 52.2 Å². The molecule has 0 aliphatic heterocycles. The largest absolute Gasteiger partial charge is 0.308 e. The zero-order chi connectivity index (χ0) is 33.9. The molecule has 0 unspecified atom stereocenters. The molecule has 0 saturated heterocycles. The number of nitrogens with zero attached hydrogens (tertiary/aromatic N) is 4. The van der Waals surface area contributed by atoms with Crippen LogP contribution in [0.3, 0.4) is 0 Å². The van der Waals surface area contributed by atoms with E-state index in [0.717, 1.165) is 33.2 Å². The standard InChI is InChI=1S/C48H28N4/c1-2-12-29(13-3-1)30-22-24-32(25-23-30)45-35-17-6-9-19-39(35)49-48(50-45)52-42-27-26-31-14-4-5-15-33(31)43(42)38-28-37-34-16-7-10-20-40(34)51-41-21-11-8-18-36(41)44(46(37)51)47(38)52/h1-28H. The maximum Gasteiger partial charge on any atom is 0.235 e. The number of benzene rings is 8. The molecule has 0 saturated carbocycles. The van der Waals surface area contributed by atoms with Gasteiger partial charge in [-0.15, -0.1) is 0 Å². The van der Waals surface area contributed by atoms with Crippen molar-refractivity contribution >= 4 is 81.6 Å². The monoisotopic (exact) mass is 660 g/mol. The molecule has 0 N–H and O–H groups in total. The van der Waals surface area contributed by atoms with Gasteiger partial charge in [-0.3, -0.25) is 4.57 Å². The fourth-order valence-electron chi connectivity index (χ4n) is 8.82. The van der Waals surface area contributed by atoms with Crippen LogP contribution in [0.2, 0.25) is 0 Å². The van der Waals surface area contributed by atoms with Gasteiger partial charge in [-0.1, -0.05) is 140 Å². The first-order valence-corrected chi connectivity index (χ1v) is 17.8. The second kappa shape index (κ2) is 10.3. The molecule has 0 atom stereocenters. The number of hydrogen-bond donors (Lipinski definition) is 0. The molecule has 12 rings (SSSR count). The van der Waals surface area contributed by atoms with Gasteiger partial charge in [-0.25, -0.2) is 9.97 Å². The van der Waals surface area contributed by atoms with Crippen molar-refractivity contribution in [3.63, 3.8) is 0 Å². The van der Waals surface area contributed by atoms with Gasteiger partial charge in [-0.2, -0.15) is 0 Å². The highest BCUT2D eigenvalue weighted by Gasteiger charge is 2.26. The summed E-state index contributed by atoms with van der Waals surface area (Å²) in [5, 5.41) is 10.9. The lowest BCUT2D eigenvalue weighted by atomic mass is 10.0. The number of aromatic nitrogens is 4. The molecule has 0 aliphatic rings. The second-order valence-electron chi connectivity index (χ2n) is 13.8. The Bertz CT molecular complexity index is 3390. The predicted molar refractivity (Wildman–Crippen MR) is 217 cm³/mol. The molecule has 8 aromatic carbocycles. The van der Waals surface area contributed by atoms with Crippen molar-refractivity contribution in [1.29, 1.82) is 0 Å². The number of para-hydroxylation sites is 3. The Morgan fingerprint density at radius 3 is 1.83 bits per heavy atom. The van der Waals surface area contributed by atoms with Crippen LogP contribution in [0.5, 0.6) is 0 Å². The second-order valence-corrected chi connectivity index (χ2v) is 13.8. The summed E-state index contributed by atoms with van der Waals surface area (Å²) in [6.45, 7) is 0. The Hall–Kier alpha value is -7.04. The minimum absolute atomic E-state index is 0.666. The molecule has 12 aromatic rings. The van der Waals surface area contributed by atoms with Crippen LogP contribution in [0.25, 0.3) is 110 Å². The van der Waals surface area contributed by atoms with Crippen molar-refractivity contribution < 1.29 is 0 Å². The smallest absolute Gasteiger partial charge is 0.235 e. The van der Waals surface area contributed by atoms with Crippen LogP contribution >= 0.6 is 0 Å². The lowest BCUT2D eigenvalue weighted by Crippen LogP contribution is -2.03. The maximum absolute atomic E-state index is 5.51. The topological polar surface area (TPSA) is 35.1 Å². The minimum atomic E-state index is 0.666. The number of rotatable bonds is 3. The molecule has 4 nitrogen and oxygen atoms in total. The van der Waals surface area contributed by atoms with E-state index in [1.54, 1.807) is 0 Å². The van der Waals surface area contributed by atoms with E-state index in [-0.39, 0.29) is 0 Å². The van der Waals surface area contributed by atoms with Crippen molar-refractivity contribution in [3.05, 3.63) is 170 Å². The van der Waals surface area contributed by atoms with Crippen LogP contribution in [-0.4, -0.2) is 18.9 Å². The highest BCUT2D eigenvalue weighted by atomic mass is 15.2. The van der Waals surface area contributed by atoms with Gasteiger partial charge in [0.1, 0.15) is 0 Å². The Labute approximate surface area is 297 Å². The average Bonchev–Trinajstić information content (AvgIpc) is 3.85. The molecule has 0 radical (unpaired) electrons. The molecule has 0 spiro atoms. The van der Waals surface area contributed by atoms with Gasteiger partial charge in [0.2, 0.25) is 5.95 Å². The molecule has 0 aliphatic carbocycles. The van der Waals surface area contributed by atoms with Crippen molar-refractivity contribution in [2.45, 2.75) is 0 Å². The van der Waals surface area contributed by atoms with Gasteiger partial charge in [0.15, 0.2) is 0 Å². The van der Waals surface area contributed by atoms with Gasteiger partial charge in [0, 0.05) is 43.3 Å². The highest BCUT2D eigenvalue weighted by Crippen LogP contribution is 2.47. The van der Waals surface area contributed by atoms with Crippen molar-refractivity contribution in [2.75, 3.05) is 0 Å². The summed E-state index contributed by atoms with van der Waals surface area (Å²) in [7, 11) is 0. The highest BCUT2D eigenvalue weighted by molar-refractivity contribution is 6.36. The molecule has 0 amide bonds. The first-order valence-electron chi connectivity index (χ1n) is 17.8. The van der Waals surface area contributed by atoms with E-state index in [9.17, 15) is 0 Å². The van der Waals surface area contributed by atoms with Gasteiger partial charge < -0.3 is 4.40 Å². The van der Waals surface area contributed by atoms with Crippen LogP contribution in [0.1, 0.15) is 0 Å². The third kappa shape index (κ3) is 3.65. The summed E-state index contributed by atoms with van der Waals surface area (Å²) in [6, 6.07) is 61.0. The summed E-state index contributed by atoms with van der Waals surface area (Å²) < 4.78 is 4.79. The fourth-order valence-corrected chi connectivity index (χ4v) is 8.82. The van der Waals surface area contributed by atoms with Crippen LogP contribution in [0, 0.1) is 0 Å². The summed E-state index contributed by atoms with van der Waals surface area (Å²) >= 11 is 0. The summed E-state index contributed by atoms with van der Waals surface area (Å²) in [5.41, 5.74) is 11.2. The first kappa shape index (κ1) is 27.7. The number of hydrogen-bond acceptors (Lipinski definition) is 2. The summed E-state index contributed by atoms with van der Waals surface area (Å²) in [6.07, 6.45) is 0. The molecule has 0 fully saturated rings. The Kier molecular flexibility index (Phi) is 5.47. The van der Waals surface area contributed by atoms with Crippen molar-refractivity contribution in [2.24, 2.45) is 0 Å². The number of fused-ring (bicyclic) bond motifs is 13. The first-order chi connectivity index (χ1) is 25.8. The van der Waals surface area contributed by atoms with E-state index in [2.05, 4.69) is 179 Å². The third-order valence-corrected chi connectivity index (χ3v) is 11.0. The van der Waals surface area contributed by atoms with Crippen LogP contribution in [-0.2, 0) is 0 Å². The van der Waals surface area contributed by atoms with E-state index in [1.807, 2.05) is 0 Å². The van der Waals surface area contributed by atoms with Crippen LogP contribution in [0.15, 0.2) is 170 Å². The Morgan fingerprint density at radius 1 is 0.365 bits per heavy atom. The van der Waals surface area contributed by atoms with Gasteiger partial charge in [0.05, 0.1) is 38.8 Å². The van der Waals surface area contributed by atoms with Crippen molar-refractivity contribution in [1.82, 2.24) is 18.9 Å². The Morgan fingerprint density at radius 2 is 1.00 bits per heavy atom. The minimum Gasteiger partial charge on any atom is -0.308 e. The van der Waals surface area contributed by atoms with E-state index in [1.165, 1.54) is 70.8 Å². The molecule has 4 heterocycles. The molecular weight excluding hydrogens is 633 g/mol. The third-order valence-electron chi connectivity index (χ3n) is 11.0. The van der Waals surface area contributed by atoms with Crippen LogP contribution in [0.4, 0.5) is 0 Å². The Balaban J connectivity index is 1.25. The van der Waals surface area contributed by atoms with Gasteiger partial charge in [0.25, 0.3) is 0 Å². The predicted octanol–water partition coefficient (Wildman–Crippen LogP) is 12.4. The SMILES string of the molecule is c1ccc(-c2ccc(-c3nc(-n4c5ccc6ccccc6c5c5cc6c7ccccc7n7c8ccccc8c(c54)c67)nc4ccccc34)cc2)cc1. The fraction of sp³-hybridized carbons (Fsp3) is 0. The molecule has 240 valence electrons. The zero-order valence-electron chi connectivity index (χ0n) is 28.0. The average molecular weight is 661 g/mol. The molecule has 4 aromatic heterocycles. The lowest BCUT2D eigenvalue weighted by Gasteiger charge is -2.13. The molecule has 0 bridgehead atoms. The summed E-state index contributed by atoms with van der Waals surface area (Å²) in [4.78, 5) is 10.9. The lowest BCUT2D eigenvalue weighted by molar-refractivity contribution is 1.02. The van der Waals surface area contributed by atoms with E-state index in [0.29, 0.717) is 5.95 Å². The summed E-state index contributed by atoms with van der Waals surface area (Å²) in [5.74, 6) is 0.666.